The summed E-state index contributed by atoms with van der Waals surface area (Å²) in [5.41, 5.74) is 3.12. The monoisotopic (exact) mass is 393 g/mol. The minimum absolute atomic E-state index is 0.0775. The van der Waals surface area contributed by atoms with E-state index in [0.717, 1.165) is 16.9 Å². The van der Waals surface area contributed by atoms with Crippen LogP contribution in [0.3, 0.4) is 0 Å². The molecule has 29 heavy (non-hydrogen) atoms. The van der Waals surface area contributed by atoms with Gasteiger partial charge in [0.15, 0.2) is 11.5 Å². The number of fused-ring (bicyclic) bond motifs is 3. The summed E-state index contributed by atoms with van der Waals surface area (Å²) in [6, 6.07) is 9.29. The van der Waals surface area contributed by atoms with Gasteiger partial charge >= 0.3 is 5.97 Å². The van der Waals surface area contributed by atoms with Gasteiger partial charge in [-0.2, -0.15) is 5.26 Å². The summed E-state index contributed by atoms with van der Waals surface area (Å²) in [5, 5.41) is 9.35. The van der Waals surface area contributed by atoms with Gasteiger partial charge in [0.05, 0.1) is 25.4 Å². The Morgan fingerprint density at radius 1 is 1.24 bits per heavy atom. The van der Waals surface area contributed by atoms with Crippen molar-refractivity contribution in [2.45, 2.75) is 26.9 Å². The molecule has 8 heteroatoms. The second-order valence-corrected chi connectivity index (χ2v) is 6.67. The molecule has 1 aromatic heterocycles. The third-order valence-corrected chi connectivity index (χ3v) is 4.91. The number of amides is 1. The number of benzene rings is 1. The maximum absolute atomic E-state index is 12.3. The number of carbonyl (C=O) groups is 2. The first-order chi connectivity index (χ1) is 14.0. The SMILES string of the molecule is CCOC(=O)/C(C#N)=C/c1ccc2n1Cc1cc3c(cc1N(C(C)=O)C2)OCO3. The summed E-state index contributed by atoms with van der Waals surface area (Å²) in [5.74, 6) is 0.481. The van der Waals surface area contributed by atoms with Crippen LogP contribution in [0, 0.1) is 11.3 Å². The lowest BCUT2D eigenvalue weighted by atomic mass is 10.1. The number of nitriles is 1. The number of nitrogens with zero attached hydrogens (tertiary/aromatic N) is 3. The Balaban J connectivity index is 1.80. The van der Waals surface area contributed by atoms with E-state index in [-0.39, 0.29) is 24.9 Å². The van der Waals surface area contributed by atoms with Crippen LogP contribution in [0.2, 0.25) is 0 Å². The number of hydrogen-bond donors (Lipinski definition) is 0. The second kappa shape index (κ2) is 7.36. The highest BCUT2D eigenvalue weighted by Crippen LogP contribution is 2.41. The highest BCUT2D eigenvalue weighted by atomic mass is 16.7. The molecule has 0 N–H and O–H groups in total. The Hall–Kier alpha value is -3.73. The lowest BCUT2D eigenvalue weighted by molar-refractivity contribution is -0.137. The molecule has 0 fully saturated rings. The molecule has 0 unspecified atom stereocenters. The van der Waals surface area contributed by atoms with E-state index in [1.54, 1.807) is 11.8 Å². The highest BCUT2D eigenvalue weighted by Gasteiger charge is 2.27. The van der Waals surface area contributed by atoms with E-state index >= 15 is 0 Å². The predicted molar refractivity (Wildman–Crippen MR) is 103 cm³/mol. The molecule has 0 radical (unpaired) electrons. The molecule has 3 heterocycles. The fraction of sp³-hybridized carbons (Fsp3) is 0.286. The van der Waals surface area contributed by atoms with E-state index in [2.05, 4.69) is 0 Å². The van der Waals surface area contributed by atoms with Crippen molar-refractivity contribution in [3.05, 3.63) is 46.8 Å². The van der Waals surface area contributed by atoms with Crippen LogP contribution in [0.5, 0.6) is 11.5 Å². The highest BCUT2D eigenvalue weighted by molar-refractivity contribution is 5.98. The number of ether oxygens (including phenoxy) is 3. The fourth-order valence-electron chi connectivity index (χ4n) is 3.53. The Bertz CT molecular complexity index is 1080. The van der Waals surface area contributed by atoms with Crippen molar-refractivity contribution >= 4 is 23.6 Å². The standard InChI is InChI=1S/C21H19N3O5/c1-3-27-21(26)14(9-22)6-16-4-5-17-11-23(13(2)25)18-8-20-19(28-12-29-20)7-15(18)10-24(16)17/h4-8H,3,10-12H2,1-2H3/b14-6+. The summed E-state index contributed by atoms with van der Waals surface area (Å²) in [4.78, 5) is 26.0. The van der Waals surface area contributed by atoms with Gasteiger partial charge in [0.1, 0.15) is 11.6 Å². The summed E-state index contributed by atoms with van der Waals surface area (Å²) in [7, 11) is 0. The lowest BCUT2D eigenvalue weighted by Crippen LogP contribution is -2.27. The zero-order chi connectivity index (χ0) is 20.5. The average molecular weight is 393 g/mol. The summed E-state index contributed by atoms with van der Waals surface area (Å²) >= 11 is 0. The molecule has 0 bridgehead atoms. The Labute approximate surface area is 167 Å². The van der Waals surface area contributed by atoms with Crippen molar-refractivity contribution in [2.75, 3.05) is 18.3 Å². The summed E-state index contributed by atoms with van der Waals surface area (Å²) < 4.78 is 17.9. The maximum atomic E-state index is 12.3. The Morgan fingerprint density at radius 2 is 2.00 bits per heavy atom. The minimum atomic E-state index is -0.659. The molecule has 0 aliphatic carbocycles. The van der Waals surface area contributed by atoms with E-state index in [4.69, 9.17) is 14.2 Å². The van der Waals surface area contributed by atoms with Crippen molar-refractivity contribution in [1.82, 2.24) is 4.57 Å². The van der Waals surface area contributed by atoms with Gasteiger partial charge in [-0.05, 0) is 36.8 Å². The molecule has 0 atom stereocenters. The Kier molecular flexibility index (Phi) is 4.72. The quantitative estimate of drug-likeness (QED) is 0.452. The summed E-state index contributed by atoms with van der Waals surface area (Å²) in [6.45, 7) is 4.35. The smallest absolute Gasteiger partial charge is 0.348 e. The van der Waals surface area contributed by atoms with E-state index < -0.39 is 5.97 Å². The first kappa shape index (κ1) is 18.6. The molecule has 2 aliphatic rings. The van der Waals surface area contributed by atoms with Crippen molar-refractivity contribution in [1.29, 1.82) is 5.26 Å². The van der Waals surface area contributed by atoms with Gasteiger partial charge in [-0.15, -0.1) is 0 Å². The molecule has 1 aromatic carbocycles. The van der Waals surface area contributed by atoms with Crippen LogP contribution >= 0.6 is 0 Å². The molecule has 4 rings (SSSR count). The van der Waals surface area contributed by atoms with Crippen molar-refractivity contribution in [3.8, 4) is 17.6 Å². The molecule has 0 saturated carbocycles. The van der Waals surface area contributed by atoms with Gasteiger partial charge in [0.2, 0.25) is 12.7 Å². The zero-order valence-corrected chi connectivity index (χ0v) is 16.1. The lowest BCUT2D eigenvalue weighted by Gasteiger charge is -2.21. The fourth-order valence-corrected chi connectivity index (χ4v) is 3.53. The van der Waals surface area contributed by atoms with Crippen LogP contribution in [-0.2, 0) is 27.4 Å². The third-order valence-electron chi connectivity index (χ3n) is 4.91. The van der Waals surface area contributed by atoms with Crippen LogP contribution < -0.4 is 14.4 Å². The summed E-state index contributed by atoms with van der Waals surface area (Å²) in [6.07, 6.45) is 1.51. The topological polar surface area (TPSA) is 93.8 Å². The second-order valence-electron chi connectivity index (χ2n) is 6.67. The van der Waals surface area contributed by atoms with Crippen LogP contribution in [0.4, 0.5) is 5.69 Å². The number of hydrogen-bond acceptors (Lipinski definition) is 6. The Morgan fingerprint density at radius 3 is 2.69 bits per heavy atom. The van der Waals surface area contributed by atoms with Crippen LogP contribution in [0.25, 0.3) is 6.08 Å². The van der Waals surface area contributed by atoms with Gasteiger partial charge < -0.3 is 23.7 Å². The molecule has 148 valence electrons. The molecular weight excluding hydrogens is 374 g/mol. The van der Waals surface area contributed by atoms with E-state index in [9.17, 15) is 14.9 Å². The van der Waals surface area contributed by atoms with Gasteiger partial charge in [-0.1, -0.05) is 0 Å². The molecule has 0 saturated heterocycles. The number of anilines is 1. The number of rotatable bonds is 3. The number of aromatic nitrogens is 1. The molecule has 0 spiro atoms. The van der Waals surface area contributed by atoms with Crippen molar-refractivity contribution in [2.24, 2.45) is 0 Å². The molecular formula is C21H19N3O5. The molecule has 2 aliphatic heterocycles. The van der Waals surface area contributed by atoms with Crippen molar-refractivity contribution < 1.29 is 23.8 Å². The van der Waals surface area contributed by atoms with E-state index in [0.29, 0.717) is 30.3 Å². The largest absolute Gasteiger partial charge is 0.462 e. The van der Waals surface area contributed by atoms with Gasteiger partial charge in [-0.3, -0.25) is 4.79 Å². The molecule has 2 aromatic rings. The van der Waals surface area contributed by atoms with Crippen LogP contribution in [-0.4, -0.2) is 29.8 Å². The normalized spacial score (nSPS) is 14.5. The van der Waals surface area contributed by atoms with Gasteiger partial charge in [-0.25, -0.2) is 4.79 Å². The zero-order valence-electron chi connectivity index (χ0n) is 16.1. The number of esters is 1. The average Bonchev–Trinajstić information content (AvgIpc) is 3.26. The van der Waals surface area contributed by atoms with Crippen LogP contribution in [0.1, 0.15) is 30.8 Å². The van der Waals surface area contributed by atoms with E-state index in [1.807, 2.05) is 34.9 Å². The maximum Gasteiger partial charge on any atom is 0.348 e. The molecule has 1 amide bonds. The number of carbonyl (C=O) groups excluding carboxylic acids is 2. The van der Waals surface area contributed by atoms with Gasteiger partial charge in [0.25, 0.3) is 0 Å². The van der Waals surface area contributed by atoms with Crippen LogP contribution in [0.15, 0.2) is 29.8 Å². The third kappa shape index (κ3) is 3.31. The minimum Gasteiger partial charge on any atom is -0.462 e. The van der Waals surface area contributed by atoms with Gasteiger partial charge in [0, 0.05) is 24.4 Å². The first-order valence-corrected chi connectivity index (χ1v) is 9.19. The van der Waals surface area contributed by atoms with E-state index in [1.165, 1.54) is 13.0 Å². The molecule has 8 nitrogen and oxygen atoms in total. The van der Waals surface area contributed by atoms with Crippen molar-refractivity contribution in [3.63, 3.8) is 0 Å². The predicted octanol–water partition coefficient (Wildman–Crippen LogP) is 2.60. The first-order valence-electron chi connectivity index (χ1n) is 9.19.